The molecule has 3 unspecified atom stereocenters. The number of nitrogens with two attached hydrogens (primary N) is 1. The Hall–Kier alpha value is -1.06. The lowest BCUT2D eigenvalue weighted by atomic mass is 9.80. The van der Waals surface area contributed by atoms with Crippen LogP contribution in [-0.2, 0) is 4.79 Å². The van der Waals surface area contributed by atoms with Crippen molar-refractivity contribution in [1.82, 2.24) is 5.32 Å². The van der Waals surface area contributed by atoms with Crippen molar-refractivity contribution in [3.8, 4) is 0 Å². The molecule has 1 saturated carbocycles. The number of hydrogen-bond acceptors (Lipinski definition) is 2. The number of carbonyl (C=O) groups excluding carboxylic acids is 1. The minimum Gasteiger partial charge on any atom is -0.352 e. The first kappa shape index (κ1) is 17.0. The summed E-state index contributed by atoms with van der Waals surface area (Å²) in [6.07, 6.45) is 3.40. The van der Waals surface area contributed by atoms with Gasteiger partial charge < -0.3 is 11.1 Å². The molecule has 3 nitrogen and oxygen atoms in total. The maximum Gasteiger partial charge on any atom is 0.241 e. The van der Waals surface area contributed by atoms with Crippen molar-refractivity contribution in [3.05, 3.63) is 35.9 Å². The van der Waals surface area contributed by atoms with Gasteiger partial charge in [-0.2, -0.15) is 0 Å². The topological polar surface area (TPSA) is 55.1 Å². The first-order chi connectivity index (χ1) is 9.06. The predicted molar refractivity (Wildman–Crippen MR) is 84.7 cm³/mol. The normalized spacial score (nSPS) is 27.2. The largest absolute Gasteiger partial charge is 0.352 e. The van der Waals surface area contributed by atoms with Gasteiger partial charge in [0, 0.05) is 6.04 Å². The fourth-order valence-electron chi connectivity index (χ4n) is 3.17. The molecular formula is C16H25ClN2O. The third-order valence-electron chi connectivity index (χ3n) is 3.97. The Morgan fingerprint density at radius 2 is 1.70 bits per heavy atom. The fraction of sp³-hybridized carbons (Fsp3) is 0.562. The smallest absolute Gasteiger partial charge is 0.241 e. The van der Waals surface area contributed by atoms with Gasteiger partial charge in [-0.05, 0) is 36.7 Å². The summed E-state index contributed by atoms with van der Waals surface area (Å²) in [5.41, 5.74) is 6.89. The molecule has 20 heavy (non-hydrogen) atoms. The van der Waals surface area contributed by atoms with E-state index in [0.717, 1.165) is 18.4 Å². The highest BCUT2D eigenvalue weighted by atomic mass is 35.5. The van der Waals surface area contributed by atoms with Crippen molar-refractivity contribution in [2.75, 3.05) is 0 Å². The van der Waals surface area contributed by atoms with E-state index in [1.807, 2.05) is 30.3 Å². The lowest BCUT2D eigenvalue weighted by Crippen LogP contribution is -2.44. The quantitative estimate of drug-likeness (QED) is 0.901. The summed E-state index contributed by atoms with van der Waals surface area (Å²) in [5.74, 6) is 1.31. The standard InChI is InChI=1S/C16H24N2O.ClH/c1-11-8-12(2)10-14(9-11)18-16(19)15(17)13-6-4-3-5-7-13;/h3-7,11-12,14-15H,8-10,17H2,1-2H3,(H,18,19);1H. The molecule has 0 saturated heterocycles. The molecule has 0 heterocycles. The van der Waals surface area contributed by atoms with Crippen molar-refractivity contribution in [2.24, 2.45) is 17.6 Å². The van der Waals surface area contributed by atoms with Gasteiger partial charge in [-0.15, -0.1) is 12.4 Å². The van der Waals surface area contributed by atoms with Crippen LogP contribution in [-0.4, -0.2) is 11.9 Å². The molecule has 1 fully saturated rings. The van der Waals surface area contributed by atoms with Crippen molar-refractivity contribution in [3.63, 3.8) is 0 Å². The average molecular weight is 297 g/mol. The molecule has 0 bridgehead atoms. The first-order valence-electron chi connectivity index (χ1n) is 7.17. The van der Waals surface area contributed by atoms with Gasteiger partial charge in [0.05, 0.1) is 0 Å². The number of benzene rings is 1. The molecule has 3 N–H and O–H groups in total. The average Bonchev–Trinajstić information content (AvgIpc) is 2.37. The first-order valence-corrected chi connectivity index (χ1v) is 7.17. The fourth-order valence-corrected chi connectivity index (χ4v) is 3.17. The van der Waals surface area contributed by atoms with Crippen LogP contribution in [0.1, 0.15) is 44.7 Å². The Morgan fingerprint density at radius 3 is 2.25 bits per heavy atom. The zero-order valence-electron chi connectivity index (χ0n) is 12.2. The van der Waals surface area contributed by atoms with Crippen molar-refractivity contribution in [2.45, 2.75) is 45.2 Å². The van der Waals surface area contributed by atoms with E-state index in [1.165, 1.54) is 6.42 Å². The highest BCUT2D eigenvalue weighted by Crippen LogP contribution is 2.28. The Labute approximate surface area is 127 Å². The molecule has 0 aromatic heterocycles. The SMILES string of the molecule is CC1CC(C)CC(NC(=O)C(N)c2ccccc2)C1.Cl. The number of amides is 1. The second kappa shape index (κ2) is 7.65. The minimum absolute atomic E-state index is 0. The number of halogens is 1. The molecule has 1 aliphatic carbocycles. The lowest BCUT2D eigenvalue weighted by molar-refractivity contribution is -0.123. The van der Waals surface area contributed by atoms with Crippen LogP contribution in [0.3, 0.4) is 0 Å². The molecular weight excluding hydrogens is 272 g/mol. The Kier molecular flexibility index (Phi) is 6.50. The number of carbonyl (C=O) groups is 1. The van der Waals surface area contributed by atoms with Gasteiger partial charge in [0.25, 0.3) is 0 Å². The van der Waals surface area contributed by atoms with E-state index in [-0.39, 0.29) is 24.4 Å². The molecule has 1 aromatic carbocycles. The second-order valence-corrected chi connectivity index (χ2v) is 6.01. The Morgan fingerprint density at radius 1 is 1.15 bits per heavy atom. The highest BCUT2D eigenvalue weighted by Gasteiger charge is 2.26. The van der Waals surface area contributed by atoms with E-state index in [0.29, 0.717) is 11.8 Å². The number of nitrogens with one attached hydrogen (secondary N) is 1. The molecule has 0 spiro atoms. The summed E-state index contributed by atoms with van der Waals surface area (Å²) in [4.78, 5) is 12.2. The van der Waals surface area contributed by atoms with Gasteiger partial charge in [-0.25, -0.2) is 0 Å². The highest BCUT2D eigenvalue weighted by molar-refractivity contribution is 5.85. The van der Waals surface area contributed by atoms with E-state index in [1.54, 1.807) is 0 Å². The maximum atomic E-state index is 12.2. The molecule has 1 aliphatic rings. The van der Waals surface area contributed by atoms with Crippen molar-refractivity contribution in [1.29, 1.82) is 0 Å². The zero-order valence-corrected chi connectivity index (χ0v) is 13.0. The summed E-state index contributed by atoms with van der Waals surface area (Å²) in [6, 6.07) is 9.26. The number of hydrogen-bond donors (Lipinski definition) is 2. The van der Waals surface area contributed by atoms with Crippen LogP contribution in [0.2, 0.25) is 0 Å². The van der Waals surface area contributed by atoms with Crippen LogP contribution < -0.4 is 11.1 Å². The lowest BCUT2D eigenvalue weighted by Gasteiger charge is -2.32. The summed E-state index contributed by atoms with van der Waals surface area (Å²) < 4.78 is 0. The molecule has 0 radical (unpaired) electrons. The van der Waals surface area contributed by atoms with E-state index in [4.69, 9.17) is 5.73 Å². The van der Waals surface area contributed by atoms with Crippen LogP contribution in [0.4, 0.5) is 0 Å². The Bertz CT molecular complexity index is 414. The van der Waals surface area contributed by atoms with Gasteiger partial charge >= 0.3 is 0 Å². The van der Waals surface area contributed by atoms with Crippen molar-refractivity contribution < 1.29 is 4.79 Å². The summed E-state index contributed by atoms with van der Waals surface area (Å²) >= 11 is 0. The summed E-state index contributed by atoms with van der Waals surface area (Å²) in [7, 11) is 0. The van der Waals surface area contributed by atoms with E-state index in [2.05, 4.69) is 19.2 Å². The zero-order chi connectivity index (χ0) is 13.8. The van der Waals surface area contributed by atoms with Crippen LogP contribution in [0, 0.1) is 11.8 Å². The molecule has 0 aliphatic heterocycles. The molecule has 2 rings (SSSR count). The maximum absolute atomic E-state index is 12.2. The molecule has 1 amide bonds. The molecule has 112 valence electrons. The third-order valence-corrected chi connectivity index (χ3v) is 3.97. The van der Waals surface area contributed by atoms with Gasteiger partial charge in [0.1, 0.15) is 6.04 Å². The third kappa shape index (κ3) is 4.50. The summed E-state index contributed by atoms with van der Waals surface area (Å²) in [5, 5.41) is 3.11. The van der Waals surface area contributed by atoms with E-state index < -0.39 is 6.04 Å². The van der Waals surface area contributed by atoms with Gasteiger partial charge in [0.2, 0.25) is 5.91 Å². The molecule has 4 heteroatoms. The van der Waals surface area contributed by atoms with Crippen LogP contribution in [0.15, 0.2) is 30.3 Å². The predicted octanol–water partition coefficient (Wildman–Crippen LogP) is 3.05. The van der Waals surface area contributed by atoms with Gasteiger partial charge in [-0.1, -0.05) is 44.2 Å². The van der Waals surface area contributed by atoms with Gasteiger partial charge in [-0.3, -0.25) is 4.79 Å². The van der Waals surface area contributed by atoms with Gasteiger partial charge in [0.15, 0.2) is 0 Å². The Balaban J connectivity index is 0.00000200. The monoisotopic (exact) mass is 296 g/mol. The second-order valence-electron chi connectivity index (χ2n) is 6.01. The van der Waals surface area contributed by atoms with Crippen LogP contribution in [0.25, 0.3) is 0 Å². The minimum atomic E-state index is -0.561. The van der Waals surface area contributed by atoms with Crippen LogP contribution >= 0.6 is 12.4 Å². The molecule has 3 atom stereocenters. The van der Waals surface area contributed by atoms with Crippen molar-refractivity contribution >= 4 is 18.3 Å². The van der Waals surface area contributed by atoms with E-state index in [9.17, 15) is 4.79 Å². The van der Waals surface area contributed by atoms with E-state index >= 15 is 0 Å². The summed E-state index contributed by atoms with van der Waals surface area (Å²) in [6.45, 7) is 4.51. The number of rotatable bonds is 3. The van der Waals surface area contributed by atoms with Crippen LogP contribution in [0.5, 0.6) is 0 Å². The molecule has 1 aromatic rings.